The summed E-state index contributed by atoms with van der Waals surface area (Å²) in [6.07, 6.45) is -2.39. The van der Waals surface area contributed by atoms with Crippen molar-refractivity contribution >= 4 is 11.8 Å². The molecule has 0 aliphatic heterocycles. The molecule has 0 saturated heterocycles. The minimum Gasteiger partial charge on any atom is -0.383 e. The van der Waals surface area contributed by atoms with Crippen molar-refractivity contribution in [3.8, 4) is 0 Å². The smallest absolute Gasteiger partial charge is 0.383 e. The Morgan fingerprint density at radius 2 is 2.12 bits per heavy atom. The van der Waals surface area contributed by atoms with Crippen molar-refractivity contribution in [2.24, 2.45) is 0 Å². The van der Waals surface area contributed by atoms with Crippen molar-refractivity contribution in [1.29, 1.82) is 0 Å². The van der Waals surface area contributed by atoms with Gasteiger partial charge in [0.05, 0.1) is 5.69 Å². The van der Waals surface area contributed by atoms with Gasteiger partial charge in [-0.3, -0.25) is 9.97 Å². The third-order valence-corrected chi connectivity index (χ3v) is 3.13. The molecule has 90 valence electrons. The van der Waals surface area contributed by atoms with E-state index in [4.69, 9.17) is 5.11 Å². The van der Waals surface area contributed by atoms with Crippen LogP contribution in [0.2, 0.25) is 0 Å². The molecule has 1 N–H and O–H groups in total. The first-order valence-corrected chi connectivity index (χ1v) is 5.58. The van der Waals surface area contributed by atoms with E-state index in [9.17, 15) is 13.2 Å². The van der Waals surface area contributed by atoms with E-state index < -0.39 is 18.0 Å². The van der Waals surface area contributed by atoms with Gasteiger partial charge < -0.3 is 5.11 Å². The Bertz CT molecular complexity index is 320. The second-order valence-corrected chi connectivity index (χ2v) is 4.54. The first-order chi connectivity index (χ1) is 7.41. The molecule has 1 aromatic rings. The summed E-state index contributed by atoms with van der Waals surface area (Å²) in [6, 6.07) is 0. The van der Waals surface area contributed by atoms with Crippen LogP contribution in [0.15, 0.2) is 18.6 Å². The highest BCUT2D eigenvalue weighted by Crippen LogP contribution is 2.30. The maximum atomic E-state index is 12.0. The second kappa shape index (κ2) is 5.49. The van der Waals surface area contributed by atoms with Gasteiger partial charge in [0.2, 0.25) is 0 Å². The average Bonchev–Trinajstić information content (AvgIpc) is 2.25. The molecule has 0 aromatic carbocycles. The third kappa shape index (κ3) is 3.97. The van der Waals surface area contributed by atoms with Crippen LogP contribution >= 0.6 is 11.8 Å². The monoisotopic (exact) mass is 252 g/mol. The van der Waals surface area contributed by atoms with Crippen molar-refractivity contribution in [2.75, 3.05) is 5.75 Å². The van der Waals surface area contributed by atoms with E-state index in [1.54, 1.807) is 6.92 Å². The fraction of sp³-hybridized carbons (Fsp3) is 0.556. The van der Waals surface area contributed by atoms with Crippen molar-refractivity contribution in [2.45, 2.75) is 24.5 Å². The first kappa shape index (κ1) is 13.2. The van der Waals surface area contributed by atoms with Crippen LogP contribution in [0.25, 0.3) is 0 Å². The molecule has 0 bridgehead atoms. The number of aliphatic hydroxyl groups is 1. The summed E-state index contributed by atoms with van der Waals surface area (Å²) in [7, 11) is 0. The van der Waals surface area contributed by atoms with Gasteiger partial charge in [0, 0.05) is 29.6 Å². The SMILES string of the molecule is C[C@H](SC[C@@H](O)C(F)(F)F)c1cnccn1. The lowest BCUT2D eigenvalue weighted by Gasteiger charge is -2.16. The number of rotatable bonds is 4. The summed E-state index contributed by atoms with van der Waals surface area (Å²) in [5, 5.41) is 8.57. The molecule has 1 aromatic heterocycles. The number of thioether (sulfide) groups is 1. The molecule has 0 aliphatic rings. The summed E-state index contributed by atoms with van der Waals surface area (Å²) in [4.78, 5) is 7.79. The minimum atomic E-state index is -4.56. The topological polar surface area (TPSA) is 46.0 Å². The maximum Gasteiger partial charge on any atom is 0.415 e. The number of aliphatic hydroxyl groups excluding tert-OH is 1. The fourth-order valence-electron chi connectivity index (χ4n) is 0.936. The quantitative estimate of drug-likeness (QED) is 0.892. The van der Waals surface area contributed by atoms with E-state index in [2.05, 4.69) is 9.97 Å². The van der Waals surface area contributed by atoms with Gasteiger partial charge in [0.1, 0.15) is 0 Å². The van der Waals surface area contributed by atoms with Crippen LogP contribution in [0.3, 0.4) is 0 Å². The number of hydrogen-bond donors (Lipinski definition) is 1. The molecule has 0 fully saturated rings. The predicted octanol–water partition coefficient (Wildman–Crippen LogP) is 2.19. The number of hydrogen-bond acceptors (Lipinski definition) is 4. The maximum absolute atomic E-state index is 12.0. The summed E-state index contributed by atoms with van der Waals surface area (Å²) in [5.74, 6) is -0.402. The molecular weight excluding hydrogens is 241 g/mol. The number of aromatic nitrogens is 2. The van der Waals surface area contributed by atoms with Gasteiger partial charge in [0.25, 0.3) is 0 Å². The standard InChI is InChI=1S/C9H11F3N2OS/c1-6(7-4-13-2-3-14-7)16-5-8(15)9(10,11)12/h2-4,6,8,15H,5H2,1H3/t6-,8+/m0/s1. The predicted molar refractivity (Wildman–Crippen MR) is 55.0 cm³/mol. The molecule has 3 nitrogen and oxygen atoms in total. The molecule has 1 rings (SSSR count). The lowest BCUT2D eigenvalue weighted by molar-refractivity contribution is -0.195. The van der Waals surface area contributed by atoms with Gasteiger partial charge in [-0.25, -0.2) is 0 Å². The Labute approximate surface area is 95.1 Å². The van der Waals surface area contributed by atoms with E-state index in [1.165, 1.54) is 18.6 Å². The van der Waals surface area contributed by atoms with Crippen LogP contribution in [0, 0.1) is 0 Å². The van der Waals surface area contributed by atoms with Crippen molar-refractivity contribution in [1.82, 2.24) is 9.97 Å². The van der Waals surface area contributed by atoms with Crippen molar-refractivity contribution in [3.05, 3.63) is 24.3 Å². The van der Waals surface area contributed by atoms with Gasteiger partial charge in [0.15, 0.2) is 6.10 Å². The Kier molecular flexibility index (Phi) is 4.55. The molecular formula is C9H11F3N2OS. The number of nitrogens with zero attached hydrogens (tertiary/aromatic N) is 2. The van der Waals surface area contributed by atoms with Crippen molar-refractivity contribution in [3.63, 3.8) is 0 Å². The highest BCUT2D eigenvalue weighted by molar-refractivity contribution is 7.99. The van der Waals surface area contributed by atoms with Crippen molar-refractivity contribution < 1.29 is 18.3 Å². The largest absolute Gasteiger partial charge is 0.415 e. The highest BCUT2D eigenvalue weighted by Gasteiger charge is 2.38. The average molecular weight is 252 g/mol. The number of halogens is 3. The molecule has 0 amide bonds. The van der Waals surface area contributed by atoms with Crippen LogP contribution in [0.1, 0.15) is 17.9 Å². The van der Waals surface area contributed by atoms with Crippen LogP contribution in [-0.4, -0.2) is 33.1 Å². The zero-order chi connectivity index (χ0) is 12.2. The molecule has 1 heterocycles. The summed E-state index contributed by atoms with van der Waals surface area (Å²) < 4.78 is 36.0. The molecule has 0 radical (unpaired) electrons. The van der Waals surface area contributed by atoms with E-state index in [0.717, 1.165) is 11.8 Å². The van der Waals surface area contributed by atoms with Gasteiger partial charge in [-0.2, -0.15) is 13.2 Å². The Hall–Kier alpha value is -0.820. The number of alkyl halides is 3. The van der Waals surface area contributed by atoms with Gasteiger partial charge in [-0.05, 0) is 6.92 Å². The molecule has 16 heavy (non-hydrogen) atoms. The molecule has 0 spiro atoms. The van der Waals surface area contributed by atoms with Gasteiger partial charge >= 0.3 is 6.18 Å². The van der Waals surface area contributed by atoms with E-state index in [-0.39, 0.29) is 5.25 Å². The van der Waals surface area contributed by atoms with E-state index in [1.807, 2.05) is 0 Å². The van der Waals surface area contributed by atoms with Crippen LogP contribution in [0.5, 0.6) is 0 Å². The summed E-state index contributed by atoms with van der Waals surface area (Å²) >= 11 is 0.992. The molecule has 7 heteroatoms. The Balaban J connectivity index is 2.45. The second-order valence-electron chi connectivity index (χ2n) is 3.16. The van der Waals surface area contributed by atoms with E-state index >= 15 is 0 Å². The molecule has 0 saturated carbocycles. The van der Waals surface area contributed by atoms with Gasteiger partial charge in [-0.15, -0.1) is 11.8 Å². The van der Waals surface area contributed by atoms with Crippen LogP contribution in [0.4, 0.5) is 13.2 Å². The molecule has 0 aliphatic carbocycles. The minimum absolute atomic E-state index is 0.231. The normalized spacial score (nSPS) is 15.8. The Morgan fingerprint density at radius 3 is 2.62 bits per heavy atom. The fourth-order valence-corrected chi connectivity index (χ4v) is 1.89. The summed E-state index contributed by atoms with van der Waals surface area (Å²) in [5.41, 5.74) is 0.599. The first-order valence-electron chi connectivity index (χ1n) is 4.53. The lowest BCUT2D eigenvalue weighted by Crippen LogP contribution is -2.30. The van der Waals surface area contributed by atoms with Gasteiger partial charge in [-0.1, -0.05) is 0 Å². The van der Waals surface area contributed by atoms with Crippen LogP contribution < -0.4 is 0 Å². The van der Waals surface area contributed by atoms with Crippen LogP contribution in [-0.2, 0) is 0 Å². The Morgan fingerprint density at radius 1 is 1.44 bits per heavy atom. The zero-order valence-corrected chi connectivity index (χ0v) is 9.29. The molecule has 2 atom stereocenters. The summed E-state index contributed by atoms with van der Waals surface area (Å²) in [6.45, 7) is 1.72. The highest BCUT2D eigenvalue weighted by atomic mass is 32.2. The molecule has 0 unspecified atom stereocenters. The zero-order valence-electron chi connectivity index (χ0n) is 8.48. The lowest BCUT2D eigenvalue weighted by atomic mass is 10.3. The third-order valence-electron chi connectivity index (χ3n) is 1.88. The van der Waals surface area contributed by atoms with E-state index in [0.29, 0.717) is 5.69 Å².